The molecule has 0 aromatic carbocycles. The van der Waals surface area contributed by atoms with Gasteiger partial charge in [0.25, 0.3) is 0 Å². The molecule has 0 unspecified atom stereocenters. The summed E-state index contributed by atoms with van der Waals surface area (Å²) in [7, 11) is 5.53. The molecule has 0 spiro atoms. The lowest BCUT2D eigenvalue weighted by Gasteiger charge is -2.27. The van der Waals surface area contributed by atoms with Crippen molar-refractivity contribution in [2.75, 3.05) is 31.2 Å². The van der Waals surface area contributed by atoms with Crippen molar-refractivity contribution in [1.82, 2.24) is 9.97 Å². The summed E-state index contributed by atoms with van der Waals surface area (Å²) in [4.78, 5) is 10.3. The second-order valence-electron chi connectivity index (χ2n) is 2.90. The lowest BCUT2D eigenvalue weighted by Crippen LogP contribution is -2.37. The van der Waals surface area contributed by atoms with Crippen LogP contribution in [0.3, 0.4) is 0 Å². The molecule has 66 valence electrons. The Hall–Kier alpha value is -1.10. The number of rotatable bonds is 1. The molecular weight excluding hydrogens is 165 g/mol. The van der Waals surface area contributed by atoms with E-state index in [-0.39, 0.29) is 0 Å². The second-order valence-corrected chi connectivity index (χ2v) is 2.90. The highest BCUT2D eigenvalue weighted by atomic mass is 16.5. The number of morpholine rings is 1. The Balaban J connectivity index is 2.14. The zero-order chi connectivity index (χ0) is 9.10. The van der Waals surface area contributed by atoms with Crippen LogP contribution in [0.15, 0.2) is 12.4 Å². The Morgan fingerprint density at radius 2 is 2.08 bits per heavy atom. The summed E-state index contributed by atoms with van der Waals surface area (Å²) >= 11 is 0. The molecule has 1 aliphatic rings. The Morgan fingerprint density at radius 1 is 1.31 bits per heavy atom. The summed E-state index contributed by atoms with van der Waals surface area (Å²) in [5.74, 6) is 0.836. The predicted molar refractivity (Wildman–Crippen MR) is 50.5 cm³/mol. The van der Waals surface area contributed by atoms with Gasteiger partial charge in [0, 0.05) is 24.9 Å². The van der Waals surface area contributed by atoms with E-state index in [4.69, 9.17) is 12.6 Å². The summed E-state index contributed by atoms with van der Waals surface area (Å²) in [5.41, 5.74) is 0.462. The molecule has 0 amide bonds. The maximum Gasteiger partial charge on any atom is 0.146 e. The maximum absolute atomic E-state index is 5.53. The Bertz CT molecular complexity index is 288. The zero-order valence-corrected chi connectivity index (χ0v) is 7.31. The molecule has 2 radical (unpaired) electrons. The van der Waals surface area contributed by atoms with Gasteiger partial charge in [-0.25, -0.2) is 4.98 Å². The molecule has 1 aliphatic heterocycles. The fourth-order valence-corrected chi connectivity index (χ4v) is 1.32. The molecule has 0 atom stereocenters. The van der Waals surface area contributed by atoms with Crippen molar-refractivity contribution in [2.45, 2.75) is 0 Å². The van der Waals surface area contributed by atoms with Crippen LogP contribution in [-0.2, 0) is 4.74 Å². The van der Waals surface area contributed by atoms with E-state index in [2.05, 4.69) is 14.9 Å². The molecular formula is C8H10BN3O. The van der Waals surface area contributed by atoms with Crippen molar-refractivity contribution in [3.8, 4) is 0 Å². The van der Waals surface area contributed by atoms with Gasteiger partial charge in [-0.3, -0.25) is 4.98 Å². The first kappa shape index (κ1) is 8.50. The topological polar surface area (TPSA) is 38.2 Å². The van der Waals surface area contributed by atoms with Crippen LogP contribution in [0.2, 0.25) is 0 Å². The molecule has 1 aromatic heterocycles. The van der Waals surface area contributed by atoms with E-state index in [0.29, 0.717) is 5.59 Å². The standard InChI is InChI=1S/C8H10BN3O/c9-7-5-10-6-8(11-7)12-1-3-13-4-2-12/h5-6H,1-4H2. The van der Waals surface area contributed by atoms with Crippen molar-refractivity contribution in [2.24, 2.45) is 0 Å². The van der Waals surface area contributed by atoms with Gasteiger partial charge < -0.3 is 9.64 Å². The van der Waals surface area contributed by atoms with Crippen LogP contribution in [-0.4, -0.2) is 44.1 Å². The number of anilines is 1. The van der Waals surface area contributed by atoms with Gasteiger partial charge in [-0.15, -0.1) is 0 Å². The van der Waals surface area contributed by atoms with Gasteiger partial charge in [0.15, 0.2) is 0 Å². The van der Waals surface area contributed by atoms with E-state index in [1.54, 1.807) is 12.4 Å². The average Bonchev–Trinajstić information content (AvgIpc) is 2.19. The van der Waals surface area contributed by atoms with Crippen LogP contribution in [0, 0.1) is 0 Å². The normalized spacial score (nSPS) is 17.4. The van der Waals surface area contributed by atoms with Crippen LogP contribution in [0.1, 0.15) is 0 Å². The van der Waals surface area contributed by atoms with Crippen LogP contribution < -0.4 is 10.5 Å². The third kappa shape index (κ3) is 1.98. The highest BCUT2D eigenvalue weighted by Crippen LogP contribution is 2.08. The minimum atomic E-state index is 0.462. The molecule has 0 saturated carbocycles. The monoisotopic (exact) mass is 175 g/mol. The summed E-state index contributed by atoms with van der Waals surface area (Å²) in [6.45, 7) is 3.21. The van der Waals surface area contributed by atoms with Gasteiger partial charge in [0.05, 0.1) is 19.4 Å². The molecule has 1 fully saturated rings. The number of nitrogens with zero attached hydrogens (tertiary/aromatic N) is 3. The number of aromatic nitrogens is 2. The Morgan fingerprint density at radius 3 is 2.77 bits per heavy atom. The highest BCUT2D eigenvalue weighted by Gasteiger charge is 2.11. The number of hydrogen-bond acceptors (Lipinski definition) is 4. The Labute approximate surface area is 78.3 Å². The van der Waals surface area contributed by atoms with Crippen LogP contribution in [0.4, 0.5) is 5.82 Å². The van der Waals surface area contributed by atoms with Gasteiger partial charge in [0.1, 0.15) is 13.7 Å². The van der Waals surface area contributed by atoms with E-state index in [9.17, 15) is 0 Å². The van der Waals surface area contributed by atoms with E-state index >= 15 is 0 Å². The van der Waals surface area contributed by atoms with Crippen molar-refractivity contribution >= 4 is 19.3 Å². The summed E-state index contributed by atoms with van der Waals surface area (Å²) in [5, 5.41) is 0. The lowest BCUT2D eigenvalue weighted by atomic mass is 10.1. The van der Waals surface area contributed by atoms with Crippen molar-refractivity contribution in [3.05, 3.63) is 12.4 Å². The highest BCUT2D eigenvalue weighted by molar-refractivity contribution is 6.30. The maximum atomic E-state index is 5.53. The number of ether oxygens (including phenoxy) is 1. The first-order chi connectivity index (χ1) is 6.36. The van der Waals surface area contributed by atoms with E-state index in [0.717, 1.165) is 32.1 Å². The lowest BCUT2D eigenvalue weighted by molar-refractivity contribution is 0.122. The molecule has 5 heteroatoms. The molecule has 1 aromatic rings. The second kappa shape index (κ2) is 3.74. The van der Waals surface area contributed by atoms with Crippen molar-refractivity contribution in [1.29, 1.82) is 0 Å². The molecule has 0 N–H and O–H groups in total. The average molecular weight is 175 g/mol. The van der Waals surface area contributed by atoms with Crippen molar-refractivity contribution < 1.29 is 4.74 Å². The van der Waals surface area contributed by atoms with Gasteiger partial charge in [-0.1, -0.05) is 0 Å². The molecule has 4 nitrogen and oxygen atoms in total. The molecule has 1 saturated heterocycles. The van der Waals surface area contributed by atoms with Gasteiger partial charge >= 0.3 is 0 Å². The van der Waals surface area contributed by atoms with E-state index in [1.165, 1.54) is 0 Å². The summed E-state index contributed by atoms with van der Waals surface area (Å²) in [6.07, 6.45) is 3.27. The molecule has 2 heterocycles. The van der Waals surface area contributed by atoms with E-state index in [1.807, 2.05) is 0 Å². The van der Waals surface area contributed by atoms with Crippen LogP contribution in [0.25, 0.3) is 0 Å². The fourth-order valence-electron chi connectivity index (χ4n) is 1.32. The van der Waals surface area contributed by atoms with E-state index < -0.39 is 0 Å². The third-order valence-corrected chi connectivity index (χ3v) is 1.98. The largest absolute Gasteiger partial charge is 0.378 e. The quantitative estimate of drug-likeness (QED) is 0.519. The van der Waals surface area contributed by atoms with Crippen LogP contribution in [0.5, 0.6) is 0 Å². The molecule has 0 aliphatic carbocycles. The summed E-state index contributed by atoms with van der Waals surface area (Å²) < 4.78 is 5.23. The summed E-state index contributed by atoms with van der Waals surface area (Å²) in [6, 6.07) is 0. The molecule has 13 heavy (non-hydrogen) atoms. The van der Waals surface area contributed by atoms with Crippen LogP contribution >= 0.6 is 0 Å². The minimum absolute atomic E-state index is 0.462. The predicted octanol–water partition coefficient (Wildman–Crippen LogP) is -0.893. The third-order valence-electron chi connectivity index (χ3n) is 1.98. The molecule has 2 rings (SSSR count). The first-order valence-corrected chi connectivity index (χ1v) is 4.26. The van der Waals surface area contributed by atoms with Gasteiger partial charge in [-0.05, 0) is 0 Å². The minimum Gasteiger partial charge on any atom is -0.378 e. The van der Waals surface area contributed by atoms with Crippen molar-refractivity contribution in [3.63, 3.8) is 0 Å². The fraction of sp³-hybridized carbons (Fsp3) is 0.500. The zero-order valence-electron chi connectivity index (χ0n) is 7.31. The van der Waals surface area contributed by atoms with Gasteiger partial charge in [0.2, 0.25) is 0 Å². The number of hydrogen-bond donors (Lipinski definition) is 0. The smallest absolute Gasteiger partial charge is 0.146 e. The Kier molecular flexibility index (Phi) is 2.45. The SMILES string of the molecule is [B]c1cncc(N2CCOCC2)n1. The first-order valence-electron chi connectivity index (χ1n) is 4.26. The molecule has 0 bridgehead atoms. The van der Waals surface area contributed by atoms with Gasteiger partial charge in [-0.2, -0.15) is 0 Å².